The molecule has 0 bridgehead atoms. The molecule has 134 valence electrons. The van der Waals surface area contributed by atoms with E-state index in [1.807, 2.05) is 52.0 Å². The molecule has 0 spiro atoms. The maximum absolute atomic E-state index is 12.7. The summed E-state index contributed by atoms with van der Waals surface area (Å²) in [6, 6.07) is 7.58. The molecule has 2 rings (SSSR count). The molecule has 0 aliphatic carbocycles. The Morgan fingerprint density at radius 3 is 2.46 bits per heavy atom. The van der Waals surface area contributed by atoms with Crippen molar-refractivity contribution in [2.24, 2.45) is 11.8 Å². The molecule has 1 unspecified atom stereocenters. The number of aryl methyl sites for hydroxylation is 1. The van der Waals surface area contributed by atoms with Gasteiger partial charge < -0.3 is 19.8 Å². The maximum Gasteiger partial charge on any atom is 0.410 e. The van der Waals surface area contributed by atoms with Crippen LogP contribution in [0, 0.1) is 18.8 Å². The summed E-state index contributed by atoms with van der Waals surface area (Å²) < 4.78 is 5.57. The van der Waals surface area contributed by atoms with Crippen LogP contribution < -0.4 is 0 Å². The van der Waals surface area contributed by atoms with E-state index >= 15 is 0 Å². The highest BCUT2D eigenvalue weighted by Gasteiger charge is 2.42. The zero-order chi connectivity index (χ0) is 17.9. The number of aliphatic hydroxyl groups is 2. The highest BCUT2D eigenvalue weighted by molar-refractivity contribution is 5.69. The van der Waals surface area contributed by atoms with Crippen molar-refractivity contribution in [2.45, 2.75) is 45.8 Å². The Labute approximate surface area is 144 Å². The van der Waals surface area contributed by atoms with E-state index < -0.39 is 5.60 Å². The Balaban J connectivity index is 2.41. The highest BCUT2D eigenvalue weighted by atomic mass is 16.6. The van der Waals surface area contributed by atoms with Gasteiger partial charge in [-0.1, -0.05) is 24.3 Å². The summed E-state index contributed by atoms with van der Waals surface area (Å²) in [7, 11) is 0. The summed E-state index contributed by atoms with van der Waals surface area (Å²) in [5.41, 5.74) is 1.49. The molecular weight excluding hydrogens is 306 g/mol. The van der Waals surface area contributed by atoms with Crippen LogP contribution in [-0.4, -0.2) is 46.6 Å². The molecule has 24 heavy (non-hydrogen) atoms. The lowest BCUT2D eigenvalue weighted by atomic mass is 9.77. The molecule has 0 aromatic heterocycles. The average Bonchev–Trinajstić information content (AvgIpc) is 2.52. The van der Waals surface area contributed by atoms with E-state index in [4.69, 9.17) is 4.74 Å². The monoisotopic (exact) mass is 335 g/mol. The van der Waals surface area contributed by atoms with Crippen LogP contribution >= 0.6 is 0 Å². The molecule has 1 heterocycles. The van der Waals surface area contributed by atoms with E-state index in [-0.39, 0.29) is 37.2 Å². The van der Waals surface area contributed by atoms with Crippen LogP contribution in [0.4, 0.5) is 4.79 Å². The second-order valence-corrected chi connectivity index (χ2v) is 7.55. The second kappa shape index (κ2) is 7.53. The molecular formula is C19H29NO4. The van der Waals surface area contributed by atoms with E-state index in [9.17, 15) is 15.0 Å². The first-order chi connectivity index (χ1) is 11.3. The lowest BCUT2D eigenvalue weighted by Gasteiger charge is -2.45. The largest absolute Gasteiger partial charge is 0.444 e. The molecule has 1 aliphatic heterocycles. The van der Waals surface area contributed by atoms with E-state index in [1.54, 1.807) is 4.90 Å². The third-order valence-corrected chi connectivity index (χ3v) is 4.67. The number of ether oxygens (including phenoxy) is 1. The van der Waals surface area contributed by atoms with Gasteiger partial charge in [-0.15, -0.1) is 0 Å². The van der Waals surface area contributed by atoms with Crippen molar-refractivity contribution in [3.8, 4) is 0 Å². The number of benzene rings is 1. The number of nitrogens with zero attached hydrogens (tertiary/aromatic N) is 1. The number of rotatable bonds is 3. The van der Waals surface area contributed by atoms with Crippen molar-refractivity contribution in [3.63, 3.8) is 0 Å². The van der Waals surface area contributed by atoms with E-state index in [2.05, 4.69) is 0 Å². The fourth-order valence-electron chi connectivity index (χ4n) is 3.47. The van der Waals surface area contributed by atoms with Crippen LogP contribution in [0.1, 0.15) is 44.4 Å². The van der Waals surface area contributed by atoms with Crippen molar-refractivity contribution in [1.29, 1.82) is 0 Å². The lowest BCUT2D eigenvalue weighted by Crippen LogP contribution is -2.50. The van der Waals surface area contributed by atoms with Crippen LogP contribution in [0.15, 0.2) is 24.3 Å². The third kappa shape index (κ3) is 4.08. The van der Waals surface area contributed by atoms with Crippen molar-refractivity contribution in [1.82, 2.24) is 4.90 Å². The van der Waals surface area contributed by atoms with Crippen molar-refractivity contribution in [3.05, 3.63) is 35.4 Å². The molecule has 1 aliphatic rings. The van der Waals surface area contributed by atoms with Gasteiger partial charge in [0, 0.05) is 25.7 Å². The van der Waals surface area contributed by atoms with Gasteiger partial charge in [0.2, 0.25) is 0 Å². The number of piperidine rings is 1. The van der Waals surface area contributed by atoms with Gasteiger partial charge in [0.05, 0.1) is 6.04 Å². The molecule has 1 fully saturated rings. The first-order valence-corrected chi connectivity index (χ1v) is 8.55. The number of hydrogen-bond acceptors (Lipinski definition) is 4. The molecule has 1 aromatic rings. The van der Waals surface area contributed by atoms with Crippen LogP contribution in [0.2, 0.25) is 0 Å². The van der Waals surface area contributed by atoms with Crippen LogP contribution in [0.3, 0.4) is 0 Å². The van der Waals surface area contributed by atoms with E-state index in [1.165, 1.54) is 0 Å². The summed E-state index contributed by atoms with van der Waals surface area (Å²) in [4.78, 5) is 14.4. The van der Waals surface area contributed by atoms with Gasteiger partial charge in [-0.3, -0.25) is 0 Å². The van der Waals surface area contributed by atoms with Crippen LogP contribution in [0.5, 0.6) is 0 Å². The number of carbonyl (C=O) groups excluding carboxylic acids is 1. The van der Waals surface area contributed by atoms with Gasteiger partial charge in [0.1, 0.15) is 5.60 Å². The van der Waals surface area contributed by atoms with Crippen LogP contribution in [-0.2, 0) is 4.74 Å². The van der Waals surface area contributed by atoms with Gasteiger partial charge in [-0.25, -0.2) is 4.79 Å². The zero-order valence-corrected chi connectivity index (χ0v) is 15.0. The molecule has 0 saturated carbocycles. The predicted octanol–water partition coefficient (Wildman–Crippen LogP) is 2.89. The second-order valence-electron chi connectivity index (χ2n) is 7.55. The topological polar surface area (TPSA) is 70.0 Å². The number of carbonyl (C=O) groups is 1. The summed E-state index contributed by atoms with van der Waals surface area (Å²) >= 11 is 0. The normalized spacial score (nSPS) is 24.8. The third-order valence-electron chi connectivity index (χ3n) is 4.67. The smallest absolute Gasteiger partial charge is 0.410 e. The minimum Gasteiger partial charge on any atom is -0.444 e. The fourth-order valence-corrected chi connectivity index (χ4v) is 3.47. The first-order valence-electron chi connectivity index (χ1n) is 8.55. The van der Waals surface area contributed by atoms with Gasteiger partial charge in [0.15, 0.2) is 0 Å². The Morgan fingerprint density at radius 1 is 1.25 bits per heavy atom. The van der Waals surface area contributed by atoms with Crippen LogP contribution in [0.25, 0.3) is 0 Å². The molecule has 2 N–H and O–H groups in total. The zero-order valence-electron chi connectivity index (χ0n) is 15.0. The minimum absolute atomic E-state index is 0.00969. The lowest BCUT2D eigenvalue weighted by molar-refractivity contribution is -0.0319. The van der Waals surface area contributed by atoms with E-state index in [0.29, 0.717) is 13.0 Å². The Morgan fingerprint density at radius 2 is 1.92 bits per heavy atom. The van der Waals surface area contributed by atoms with Crippen molar-refractivity contribution < 1.29 is 19.7 Å². The van der Waals surface area contributed by atoms with Gasteiger partial charge >= 0.3 is 6.09 Å². The highest BCUT2D eigenvalue weighted by Crippen LogP contribution is 2.41. The standard InChI is InChI=1S/C19H29NO4/c1-13-7-5-6-8-15(13)17-16(12-22)14(11-21)9-10-20(17)18(23)24-19(2,3)4/h5-8,14,16-17,21-22H,9-12H2,1-4H3/t14-,16-,17?/m1/s1. The Kier molecular flexibility index (Phi) is 5.88. The summed E-state index contributed by atoms with van der Waals surface area (Å²) in [5, 5.41) is 19.6. The van der Waals surface area contributed by atoms with Gasteiger partial charge in [-0.05, 0) is 51.2 Å². The summed E-state index contributed by atoms with van der Waals surface area (Å²) in [6.07, 6.45) is 0.286. The number of likely N-dealkylation sites (tertiary alicyclic amines) is 1. The van der Waals surface area contributed by atoms with Gasteiger partial charge in [-0.2, -0.15) is 0 Å². The van der Waals surface area contributed by atoms with Crippen molar-refractivity contribution in [2.75, 3.05) is 19.8 Å². The number of hydrogen-bond donors (Lipinski definition) is 2. The predicted molar refractivity (Wildman–Crippen MR) is 92.6 cm³/mol. The number of amides is 1. The first kappa shape index (κ1) is 18.7. The molecule has 1 amide bonds. The molecule has 5 heteroatoms. The number of aliphatic hydroxyl groups excluding tert-OH is 2. The summed E-state index contributed by atoms with van der Waals surface area (Å²) in [5.74, 6) is -0.240. The average molecular weight is 335 g/mol. The quantitative estimate of drug-likeness (QED) is 0.891. The SMILES string of the molecule is Cc1ccccc1C1[C@H](CO)[C@@H](CO)CCN1C(=O)OC(C)(C)C. The molecule has 5 nitrogen and oxygen atoms in total. The Bertz CT molecular complexity index is 567. The molecule has 1 aromatic carbocycles. The maximum atomic E-state index is 12.7. The fraction of sp³-hybridized carbons (Fsp3) is 0.632. The minimum atomic E-state index is -0.574. The summed E-state index contributed by atoms with van der Waals surface area (Å²) in [6.45, 7) is 7.97. The molecule has 1 saturated heterocycles. The van der Waals surface area contributed by atoms with Gasteiger partial charge in [0.25, 0.3) is 0 Å². The van der Waals surface area contributed by atoms with Crippen molar-refractivity contribution >= 4 is 6.09 Å². The molecule has 3 atom stereocenters. The van der Waals surface area contributed by atoms with E-state index in [0.717, 1.165) is 11.1 Å². The molecule has 0 radical (unpaired) electrons. The Hall–Kier alpha value is -1.59.